The molecule has 0 aromatic rings. The Morgan fingerprint density at radius 2 is 1.80 bits per heavy atom. The molecule has 0 radical (unpaired) electrons. The average Bonchev–Trinajstić information content (AvgIpc) is 2.00. The van der Waals surface area contributed by atoms with Crippen molar-refractivity contribution in [2.24, 2.45) is 5.92 Å². The molecule has 0 heterocycles. The highest BCUT2D eigenvalue weighted by molar-refractivity contribution is 7.86. The van der Waals surface area contributed by atoms with E-state index in [0.29, 0.717) is 0 Å². The van der Waals surface area contributed by atoms with Crippen molar-refractivity contribution in [3.8, 4) is 0 Å². The molecule has 0 spiro atoms. The van der Waals surface area contributed by atoms with Crippen molar-refractivity contribution in [3.05, 3.63) is 0 Å². The molecule has 0 aromatic heterocycles. The van der Waals surface area contributed by atoms with E-state index in [9.17, 15) is 18.0 Å². The minimum Gasteiger partial charge on any atom is -0.428 e. The first-order valence-corrected chi connectivity index (χ1v) is 5.60. The Bertz CT molecular complexity index is 329. The molecule has 0 aromatic carbocycles. The molecule has 0 aliphatic heterocycles. The third kappa shape index (κ3) is 7.89. The van der Waals surface area contributed by atoms with E-state index in [1.807, 2.05) is 0 Å². The lowest BCUT2D eigenvalue weighted by molar-refractivity contribution is -0.167. The van der Waals surface area contributed by atoms with Crippen molar-refractivity contribution in [1.82, 2.24) is 0 Å². The van der Waals surface area contributed by atoms with Crippen molar-refractivity contribution in [2.45, 2.75) is 13.8 Å². The number of carbonyl (C=O) groups excluding carboxylic acids is 2. The Morgan fingerprint density at radius 3 is 2.20 bits per heavy atom. The lowest BCUT2D eigenvalue weighted by Gasteiger charge is -2.06. The zero-order valence-electron chi connectivity index (χ0n) is 8.30. The zero-order chi connectivity index (χ0) is 12.1. The summed E-state index contributed by atoms with van der Waals surface area (Å²) in [5.74, 6) is -3.29. The molecular weight excluding hydrogens is 228 g/mol. The van der Waals surface area contributed by atoms with Crippen LogP contribution in [-0.4, -0.2) is 37.5 Å². The number of hydrogen-bond donors (Lipinski definition) is 1. The average molecular weight is 240 g/mol. The van der Waals surface area contributed by atoms with Gasteiger partial charge in [0.2, 0.25) is 6.79 Å². The van der Waals surface area contributed by atoms with Gasteiger partial charge in [-0.15, -0.1) is 0 Å². The van der Waals surface area contributed by atoms with Gasteiger partial charge in [0, 0.05) is 0 Å². The third-order valence-electron chi connectivity index (χ3n) is 1.19. The van der Waals surface area contributed by atoms with Gasteiger partial charge in [0.25, 0.3) is 10.1 Å². The molecule has 0 aliphatic carbocycles. The van der Waals surface area contributed by atoms with Crippen LogP contribution < -0.4 is 0 Å². The molecule has 0 saturated heterocycles. The number of esters is 2. The van der Waals surface area contributed by atoms with Gasteiger partial charge in [-0.1, -0.05) is 13.8 Å². The predicted molar refractivity (Wildman–Crippen MR) is 48.3 cm³/mol. The van der Waals surface area contributed by atoms with Gasteiger partial charge < -0.3 is 9.47 Å². The maximum atomic E-state index is 10.8. The van der Waals surface area contributed by atoms with Crippen LogP contribution >= 0.6 is 0 Å². The standard InChI is InChI=1S/C7H12O7S/c1-5(2)7(9)14-4-13-6(8)3-15(10,11)12/h5H,3-4H2,1-2H3,(H,10,11,12). The summed E-state index contributed by atoms with van der Waals surface area (Å²) in [4.78, 5) is 21.5. The van der Waals surface area contributed by atoms with Gasteiger partial charge in [-0.3, -0.25) is 14.1 Å². The molecule has 0 rings (SSSR count). The first-order valence-electron chi connectivity index (χ1n) is 4.00. The maximum absolute atomic E-state index is 10.8. The Labute approximate surface area is 87.1 Å². The van der Waals surface area contributed by atoms with Crippen molar-refractivity contribution in [1.29, 1.82) is 0 Å². The molecule has 0 fully saturated rings. The van der Waals surface area contributed by atoms with Crippen LogP contribution in [0.1, 0.15) is 13.8 Å². The van der Waals surface area contributed by atoms with Crippen LogP contribution in [0, 0.1) is 5.92 Å². The number of ether oxygens (including phenoxy) is 2. The van der Waals surface area contributed by atoms with Crippen LogP contribution in [0.4, 0.5) is 0 Å². The van der Waals surface area contributed by atoms with E-state index in [1.54, 1.807) is 13.8 Å². The molecule has 0 bridgehead atoms. The van der Waals surface area contributed by atoms with Crippen molar-refractivity contribution < 1.29 is 32.0 Å². The van der Waals surface area contributed by atoms with E-state index in [-0.39, 0.29) is 5.92 Å². The van der Waals surface area contributed by atoms with E-state index in [1.165, 1.54) is 0 Å². The summed E-state index contributed by atoms with van der Waals surface area (Å²) in [5.41, 5.74) is 0. The Balaban J connectivity index is 3.79. The number of hydrogen-bond acceptors (Lipinski definition) is 6. The topological polar surface area (TPSA) is 107 Å². The zero-order valence-corrected chi connectivity index (χ0v) is 9.11. The van der Waals surface area contributed by atoms with Crippen LogP contribution in [0.25, 0.3) is 0 Å². The summed E-state index contributed by atoms with van der Waals surface area (Å²) >= 11 is 0. The van der Waals surface area contributed by atoms with Gasteiger partial charge in [-0.05, 0) is 0 Å². The summed E-state index contributed by atoms with van der Waals surface area (Å²) < 4.78 is 37.3. The van der Waals surface area contributed by atoms with Crippen molar-refractivity contribution in [2.75, 3.05) is 12.5 Å². The largest absolute Gasteiger partial charge is 0.428 e. The van der Waals surface area contributed by atoms with Crippen molar-refractivity contribution >= 4 is 22.1 Å². The van der Waals surface area contributed by atoms with Crippen molar-refractivity contribution in [3.63, 3.8) is 0 Å². The summed E-state index contributed by atoms with van der Waals surface area (Å²) in [5, 5.41) is 0. The minimum atomic E-state index is -4.41. The predicted octanol–water partition coefficient (Wildman–Crippen LogP) is -0.426. The lowest BCUT2D eigenvalue weighted by Crippen LogP contribution is -2.21. The fourth-order valence-corrected chi connectivity index (χ4v) is 0.892. The Hall–Kier alpha value is -1.15. The van der Waals surface area contributed by atoms with Crippen LogP contribution in [0.2, 0.25) is 0 Å². The molecule has 8 heteroatoms. The van der Waals surface area contributed by atoms with Crippen LogP contribution in [0.5, 0.6) is 0 Å². The summed E-state index contributed by atoms with van der Waals surface area (Å²) in [6.07, 6.45) is 0. The van der Waals surface area contributed by atoms with Gasteiger partial charge in [0.15, 0.2) is 5.75 Å². The monoisotopic (exact) mass is 240 g/mol. The third-order valence-corrected chi connectivity index (χ3v) is 1.79. The molecule has 7 nitrogen and oxygen atoms in total. The van der Waals surface area contributed by atoms with Crippen LogP contribution in [-0.2, 0) is 29.2 Å². The summed E-state index contributed by atoms with van der Waals surface area (Å²) in [6, 6.07) is 0. The van der Waals surface area contributed by atoms with Gasteiger partial charge in [0.1, 0.15) is 0 Å². The first kappa shape index (κ1) is 13.8. The molecule has 0 saturated carbocycles. The molecule has 0 unspecified atom stereocenters. The second kappa shape index (κ2) is 5.66. The molecule has 0 amide bonds. The van der Waals surface area contributed by atoms with E-state index in [0.717, 1.165) is 0 Å². The molecular formula is C7H12O7S. The highest BCUT2D eigenvalue weighted by atomic mass is 32.2. The SMILES string of the molecule is CC(C)C(=O)OCOC(=O)CS(=O)(=O)O. The van der Waals surface area contributed by atoms with Crippen LogP contribution in [0.15, 0.2) is 0 Å². The Morgan fingerprint density at radius 1 is 1.27 bits per heavy atom. The first-order chi connectivity index (χ1) is 6.72. The van der Waals surface area contributed by atoms with Gasteiger partial charge in [-0.25, -0.2) is 0 Å². The normalized spacial score (nSPS) is 11.2. The summed E-state index contributed by atoms with van der Waals surface area (Å²) in [6.45, 7) is 2.51. The summed E-state index contributed by atoms with van der Waals surface area (Å²) in [7, 11) is -4.41. The fourth-order valence-electron chi connectivity index (χ4n) is 0.511. The van der Waals surface area contributed by atoms with Crippen LogP contribution in [0.3, 0.4) is 0 Å². The minimum absolute atomic E-state index is 0.370. The smallest absolute Gasteiger partial charge is 0.326 e. The van der Waals surface area contributed by atoms with E-state index < -0.39 is 34.6 Å². The number of carbonyl (C=O) groups is 2. The fraction of sp³-hybridized carbons (Fsp3) is 0.714. The van der Waals surface area contributed by atoms with Gasteiger partial charge in [-0.2, -0.15) is 8.42 Å². The highest BCUT2D eigenvalue weighted by Crippen LogP contribution is 1.96. The van der Waals surface area contributed by atoms with E-state index in [4.69, 9.17) is 4.55 Å². The van der Waals surface area contributed by atoms with Gasteiger partial charge >= 0.3 is 11.9 Å². The number of rotatable bonds is 5. The second-order valence-corrected chi connectivity index (χ2v) is 4.43. The lowest BCUT2D eigenvalue weighted by atomic mass is 10.2. The molecule has 1 N–H and O–H groups in total. The quantitative estimate of drug-likeness (QED) is 0.395. The molecule has 0 atom stereocenters. The van der Waals surface area contributed by atoms with E-state index in [2.05, 4.69) is 9.47 Å². The molecule has 0 aliphatic rings. The molecule has 88 valence electrons. The van der Waals surface area contributed by atoms with Gasteiger partial charge in [0.05, 0.1) is 5.92 Å². The second-order valence-electron chi connectivity index (χ2n) is 2.98. The molecule has 15 heavy (non-hydrogen) atoms. The van der Waals surface area contributed by atoms with E-state index >= 15 is 0 Å². The maximum Gasteiger partial charge on any atom is 0.326 e. The highest BCUT2D eigenvalue weighted by Gasteiger charge is 2.15. The Kier molecular flexibility index (Phi) is 5.23.